The van der Waals surface area contributed by atoms with Crippen LogP contribution in [-0.2, 0) is 0 Å². The average molecular weight is 273 g/mol. The van der Waals surface area contributed by atoms with E-state index in [1.165, 1.54) is 0 Å². The highest BCUT2D eigenvalue weighted by molar-refractivity contribution is 6.06. The molecule has 20 heavy (non-hydrogen) atoms. The standard InChI is InChI=1S/C15H19N3O2/c1-9-4-6-18(7-5-9)15(19)12-8-10(2)16-14-13(12)11(3)17-20-14/h8-9H,4-7H2,1-3H3. The molecule has 0 N–H and O–H groups in total. The van der Waals surface area contributed by atoms with E-state index in [0.717, 1.165) is 42.7 Å². The monoisotopic (exact) mass is 273 g/mol. The third-order valence-electron chi connectivity index (χ3n) is 4.05. The molecule has 1 saturated heterocycles. The largest absolute Gasteiger partial charge is 0.339 e. The molecule has 2 aromatic rings. The van der Waals surface area contributed by atoms with Crippen molar-refractivity contribution < 1.29 is 9.32 Å². The fourth-order valence-electron chi connectivity index (χ4n) is 2.77. The van der Waals surface area contributed by atoms with Gasteiger partial charge in [-0.05, 0) is 38.7 Å². The van der Waals surface area contributed by atoms with Gasteiger partial charge in [-0.25, -0.2) is 4.98 Å². The molecule has 0 atom stereocenters. The Balaban J connectivity index is 2.00. The first-order valence-electron chi connectivity index (χ1n) is 7.09. The zero-order valence-corrected chi connectivity index (χ0v) is 12.1. The second kappa shape index (κ2) is 4.89. The lowest BCUT2D eigenvalue weighted by Gasteiger charge is -2.30. The van der Waals surface area contributed by atoms with Crippen LogP contribution in [0.1, 0.15) is 41.5 Å². The zero-order valence-electron chi connectivity index (χ0n) is 12.1. The van der Waals surface area contributed by atoms with Crippen molar-refractivity contribution in [3.05, 3.63) is 23.0 Å². The molecule has 3 heterocycles. The topological polar surface area (TPSA) is 59.2 Å². The van der Waals surface area contributed by atoms with E-state index in [9.17, 15) is 4.79 Å². The molecule has 1 amide bonds. The number of hydrogen-bond donors (Lipinski definition) is 0. The third kappa shape index (κ3) is 2.17. The number of aryl methyl sites for hydroxylation is 2. The van der Waals surface area contributed by atoms with E-state index < -0.39 is 0 Å². The molecule has 5 heteroatoms. The van der Waals surface area contributed by atoms with Gasteiger partial charge in [-0.15, -0.1) is 0 Å². The van der Waals surface area contributed by atoms with Crippen LogP contribution in [0.3, 0.4) is 0 Å². The molecule has 1 fully saturated rings. The lowest BCUT2D eigenvalue weighted by molar-refractivity contribution is 0.0699. The number of fused-ring (bicyclic) bond motifs is 1. The summed E-state index contributed by atoms with van der Waals surface area (Å²) in [5.41, 5.74) is 2.63. The smallest absolute Gasteiger partial charge is 0.258 e. The molecule has 2 aromatic heterocycles. The average Bonchev–Trinajstić information content (AvgIpc) is 2.79. The summed E-state index contributed by atoms with van der Waals surface area (Å²) in [6.07, 6.45) is 2.14. The van der Waals surface area contributed by atoms with Gasteiger partial charge in [0, 0.05) is 18.8 Å². The van der Waals surface area contributed by atoms with Gasteiger partial charge in [-0.3, -0.25) is 4.79 Å². The highest BCUT2D eigenvalue weighted by atomic mass is 16.5. The molecule has 106 valence electrons. The number of carbonyl (C=O) groups is 1. The summed E-state index contributed by atoms with van der Waals surface area (Å²) < 4.78 is 5.19. The number of likely N-dealkylation sites (tertiary alicyclic amines) is 1. The molecule has 5 nitrogen and oxygen atoms in total. The SMILES string of the molecule is Cc1cc(C(=O)N2CCC(C)CC2)c2c(C)noc2n1. The Labute approximate surface area is 117 Å². The molecule has 0 unspecified atom stereocenters. The van der Waals surface area contributed by atoms with E-state index in [4.69, 9.17) is 4.52 Å². The quantitative estimate of drug-likeness (QED) is 0.801. The lowest BCUT2D eigenvalue weighted by Crippen LogP contribution is -2.38. The minimum atomic E-state index is 0.0682. The lowest BCUT2D eigenvalue weighted by atomic mass is 9.98. The molecule has 0 radical (unpaired) electrons. The highest BCUT2D eigenvalue weighted by Crippen LogP contribution is 2.25. The Morgan fingerprint density at radius 3 is 2.75 bits per heavy atom. The van der Waals surface area contributed by atoms with Crippen LogP contribution in [0.5, 0.6) is 0 Å². The number of carbonyl (C=O) groups excluding carboxylic acids is 1. The van der Waals surface area contributed by atoms with Crippen LogP contribution >= 0.6 is 0 Å². The van der Waals surface area contributed by atoms with Crippen LogP contribution in [-0.4, -0.2) is 34.0 Å². The van der Waals surface area contributed by atoms with E-state index in [1.54, 1.807) is 0 Å². The van der Waals surface area contributed by atoms with Gasteiger partial charge in [0.2, 0.25) is 0 Å². The Bertz CT molecular complexity index is 654. The first-order chi connectivity index (χ1) is 9.56. The van der Waals surface area contributed by atoms with Crippen molar-refractivity contribution in [3.63, 3.8) is 0 Å². The third-order valence-corrected chi connectivity index (χ3v) is 4.05. The first-order valence-corrected chi connectivity index (χ1v) is 7.09. The number of pyridine rings is 1. The van der Waals surface area contributed by atoms with Crippen LogP contribution in [0, 0.1) is 19.8 Å². The fraction of sp³-hybridized carbons (Fsp3) is 0.533. The van der Waals surface area contributed by atoms with E-state index in [0.29, 0.717) is 17.2 Å². The van der Waals surface area contributed by atoms with E-state index >= 15 is 0 Å². The van der Waals surface area contributed by atoms with Gasteiger partial charge in [0.25, 0.3) is 11.6 Å². The van der Waals surface area contributed by atoms with Crippen LogP contribution in [0.4, 0.5) is 0 Å². The van der Waals surface area contributed by atoms with Crippen molar-refractivity contribution >= 4 is 17.0 Å². The van der Waals surface area contributed by atoms with E-state index in [-0.39, 0.29) is 5.91 Å². The minimum Gasteiger partial charge on any atom is -0.339 e. The van der Waals surface area contributed by atoms with Crippen LogP contribution < -0.4 is 0 Å². The summed E-state index contributed by atoms with van der Waals surface area (Å²) in [6, 6.07) is 1.84. The van der Waals surface area contributed by atoms with E-state index in [1.807, 2.05) is 24.8 Å². The van der Waals surface area contributed by atoms with Crippen molar-refractivity contribution in [2.24, 2.45) is 5.92 Å². The van der Waals surface area contributed by atoms with Crippen LogP contribution in [0.15, 0.2) is 10.6 Å². The first kappa shape index (κ1) is 13.1. The van der Waals surface area contributed by atoms with Gasteiger partial charge in [-0.2, -0.15) is 0 Å². The highest BCUT2D eigenvalue weighted by Gasteiger charge is 2.25. The Morgan fingerprint density at radius 1 is 1.35 bits per heavy atom. The maximum absolute atomic E-state index is 12.8. The summed E-state index contributed by atoms with van der Waals surface area (Å²) in [4.78, 5) is 19.0. The summed E-state index contributed by atoms with van der Waals surface area (Å²) >= 11 is 0. The van der Waals surface area contributed by atoms with Gasteiger partial charge >= 0.3 is 0 Å². The van der Waals surface area contributed by atoms with Gasteiger partial charge in [0.05, 0.1) is 16.6 Å². The number of piperidine rings is 1. The summed E-state index contributed by atoms with van der Waals surface area (Å²) in [6.45, 7) is 7.60. The predicted octanol–water partition coefficient (Wildman–Crippen LogP) is 2.71. The van der Waals surface area contributed by atoms with Gasteiger partial charge in [0.15, 0.2) is 0 Å². The Morgan fingerprint density at radius 2 is 2.05 bits per heavy atom. The number of amides is 1. The van der Waals surface area contributed by atoms with Crippen LogP contribution in [0.25, 0.3) is 11.1 Å². The van der Waals surface area contributed by atoms with Crippen molar-refractivity contribution in [1.29, 1.82) is 0 Å². The molecule has 0 aromatic carbocycles. The van der Waals surface area contributed by atoms with Gasteiger partial charge in [-0.1, -0.05) is 12.1 Å². The normalized spacial score (nSPS) is 16.9. The van der Waals surface area contributed by atoms with Gasteiger partial charge < -0.3 is 9.42 Å². The number of rotatable bonds is 1. The minimum absolute atomic E-state index is 0.0682. The maximum Gasteiger partial charge on any atom is 0.258 e. The summed E-state index contributed by atoms with van der Waals surface area (Å²) in [7, 11) is 0. The summed E-state index contributed by atoms with van der Waals surface area (Å²) in [5.74, 6) is 0.772. The molecule has 1 aliphatic rings. The van der Waals surface area contributed by atoms with Crippen molar-refractivity contribution in [1.82, 2.24) is 15.0 Å². The number of nitrogens with zero attached hydrogens (tertiary/aromatic N) is 3. The summed E-state index contributed by atoms with van der Waals surface area (Å²) in [5, 5.41) is 4.68. The number of hydrogen-bond acceptors (Lipinski definition) is 4. The molecule has 0 bridgehead atoms. The van der Waals surface area contributed by atoms with Crippen molar-refractivity contribution in [2.75, 3.05) is 13.1 Å². The zero-order chi connectivity index (χ0) is 14.3. The second-order valence-electron chi connectivity index (χ2n) is 5.73. The molecule has 3 rings (SSSR count). The van der Waals surface area contributed by atoms with E-state index in [2.05, 4.69) is 17.1 Å². The molecular formula is C15H19N3O2. The predicted molar refractivity (Wildman–Crippen MR) is 75.6 cm³/mol. The second-order valence-corrected chi connectivity index (χ2v) is 5.73. The number of aromatic nitrogens is 2. The molecular weight excluding hydrogens is 254 g/mol. The Kier molecular flexibility index (Phi) is 3.20. The Hall–Kier alpha value is -1.91. The fourth-order valence-corrected chi connectivity index (χ4v) is 2.77. The van der Waals surface area contributed by atoms with Crippen LogP contribution in [0.2, 0.25) is 0 Å². The van der Waals surface area contributed by atoms with Gasteiger partial charge in [0.1, 0.15) is 0 Å². The molecule has 0 spiro atoms. The maximum atomic E-state index is 12.8. The molecule has 1 aliphatic heterocycles. The van der Waals surface area contributed by atoms with Crippen molar-refractivity contribution in [2.45, 2.75) is 33.6 Å². The van der Waals surface area contributed by atoms with Crippen molar-refractivity contribution in [3.8, 4) is 0 Å². The molecule has 0 aliphatic carbocycles. The molecule has 0 saturated carbocycles.